The summed E-state index contributed by atoms with van der Waals surface area (Å²) in [4.78, 5) is 25.1. The summed E-state index contributed by atoms with van der Waals surface area (Å²) >= 11 is 7.74. The molecule has 7 nitrogen and oxygen atoms in total. The maximum atomic E-state index is 12.3. The van der Waals surface area contributed by atoms with Crippen LogP contribution in [0.4, 0.5) is 11.5 Å². The monoisotopic (exact) mass is 458 g/mol. The van der Waals surface area contributed by atoms with Gasteiger partial charge in [0.05, 0.1) is 22.9 Å². The molecule has 0 aliphatic heterocycles. The first-order chi connectivity index (χ1) is 15.1. The van der Waals surface area contributed by atoms with Gasteiger partial charge in [0, 0.05) is 23.5 Å². The van der Waals surface area contributed by atoms with Gasteiger partial charge in [-0.05, 0) is 44.2 Å². The number of hydrogen-bond donors (Lipinski definition) is 3. The number of rotatable bonds is 7. The van der Waals surface area contributed by atoms with Gasteiger partial charge in [0.15, 0.2) is 5.01 Å². The Labute approximate surface area is 192 Å². The number of nitrogens with one attached hydrogen (secondary N) is 2. The smallest absolute Gasteiger partial charge is 0.280 e. The Balaban J connectivity index is 0.00000113. The van der Waals surface area contributed by atoms with Crippen LogP contribution >= 0.6 is 22.9 Å². The van der Waals surface area contributed by atoms with E-state index in [4.69, 9.17) is 11.6 Å². The predicted octanol–water partition coefficient (Wildman–Crippen LogP) is 4.73. The SMILES string of the molecule is C#C.CCCC(NC(=O)c1nccs1)c1cnc(Nc2ccc(C)nc2)c(Cl)c1.CN. The molecule has 0 aliphatic rings. The Morgan fingerprint density at radius 2 is 1.97 bits per heavy atom. The molecule has 3 rings (SSSR count). The van der Waals surface area contributed by atoms with Crippen LogP contribution in [0.1, 0.15) is 46.9 Å². The van der Waals surface area contributed by atoms with Crippen molar-refractivity contribution in [2.24, 2.45) is 5.73 Å². The normalized spacial score (nSPS) is 10.5. The van der Waals surface area contributed by atoms with Crippen molar-refractivity contribution < 1.29 is 4.79 Å². The molecule has 1 amide bonds. The number of halogens is 1. The van der Waals surface area contributed by atoms with Gasteiger partial charge < -0.3 is 16.4 Å². The lowest BCUT2D eigenvalue weighted by atomic mass is 10.0. The Hall–Kier alpha value is -2.99. The molecule has 1 unspecified atom stereocenters. The van der Waals surface area contributed by atoms with E-state index in [1.807, 2.05) is 25.1 Å². The maximum Gasteiger partial charge on any atom is 0.280 e. The van der Waals surface area contributed by atoms with Crippen LogP contribution in [0.25, 0.3) is 0 Å². The van der Waals surface area contributed by atoms with Gasteiger partial charge in [-0.15, -0.1) is 24.2 Å². The lowest BCUT2D eigenvalue weighted by Crippen LogP contribution is -2.28. The number of carbonyl (C=O) groups excluding carboxylic acids is 1. The standard InChI is InChI=1S/C19H20ClN5OS.C2H2.CH5N/c1-3-4-16(25-18(26)19-21-7-8-27-19)13-9-15(20)17(23-10-13)24-14-6-5-12(2)22-11-14;2*1-2/h5-11,16H,3-4H2,1-2H3,(H,23,24)(H,25,26);1-2H;2H2,1H3. The number of carbonyl (C=O) groups is 1. The molecule has 164 valence electrons. The van der Waals surface area contributed by atoms with Crippen LogP contribution in [0.5, 0.6) is 0 Å². The second-order valence-electron chi connectivity index (χ2n) is 6.06. The number of hydrogen-bond acceptors (Lipinski definition) is 7. The predicted molar refractivity (Wildman–Crippen MR) is 129 cm³/mol. The third kappa shape index (κ3) is 7.98. The highest BCUT2D eigenvalue weighted by molar-refractivity contribution is 7.11. The fourth-order valence-corrected chi connectivity index (χ4v) is 3.34. The molecule has 0 saturated heterocycles. The maximum absolute atomic E-state index is 12.3. The van der Waals surface area contributed by atoms with Crippen molar-refractivity contribution in [2.45, 2.75) is 32.7 Å². The van der Waals surface area contributed by atoms with Gasteiger partial charge in [-0.1, -0.05) is 24.9 Å². The summed E-state index contributed by atoms with van der Waals surface area (Å²) in [5.41, 5.74) is 7.11. The van der Waals surface area contributed by atoms with Crippen molar-refractivity contribution in [3.05, 3.63) is 63.5 Å². The number of nitrogens with two attached hydrogens (primary N) is 1. The third-order valence-electron chi connectivity index (χ3n) is 3.95. The summed E-state index contributed by atoms with van der Waals surface area (Å²) < 4.78 is 0. The Morgan fingerprint density at radius 3 is 2.52 bits per heavy atom. The van der Waals surface area contributed by atoms with Crippen molar-refractivity contribution >= 4 is 40.4 Å². The van der Waals surface area contributed by atoms with E-state index in [9.17, 15) is 4.79 Å². The lowest BCUT2D eigenvalue weighted by molar-refractivity contribution is 0.0934. The van der Waals surface area contributed by atoms with Gasteiger partial charge in [0.2, 0.25) is 0 Å². The highest BCUT2D eigenvalue weighted by Crippen LogP contribution is 2.28. The molecule has 9 heteroatoms. The van der Waals surface area contributed by atoms with E-state index in [-0.39, 0.29) is 11.9 Å². The van der Waals surface area contributed by atoms with E-state index in [0.717, 1.165) is 29.8 Å². The summed E-state index contributed by atoms with van der Waals surface area (Å²) in [6, 6.07) is 5.49. The van der Waals surface area contributed by atoms with E-state index < -0.39 is 0 Å². The van der Waals surface area contributed by atoms with Gasteiger partial charge >= 0.3 is 0 Å². The number of amides is 1. The zero-order valence-electron chi connectivity index (χ0n) is 17.8. The average Bonchev–Trinajstić information content (AvgIpc) is 3.34. The fraction of sp³-hybridized carbons (Fsp3) is 0.273. The molecular formula is C22H27ClN6OS. The summed E-state index contributed by atoms with van der Waals surface area (Å²) in [7, 11) is 1.50. The number of anilines is 2. The number of aryl methyl sites for hydroxylation is 1. The molecular weight excluding hydrogens is 432 g/mol. The Morgan fingerprint density at radius 1 is 1.23 bits per heavy atom. The van der Waals surface area contributed by atoms with E-state index in [0.29, 0.717) is 15.8 Å². The van der Waals surface area contributed by atoms with E-state index >= 15 is 0 Å². The Bertz CT molecular complexity index is 944. The summed E-state index contributed by atoms with van der Waals surface area (Å²) in [6.07, 6.45) is 14.8. The second kappa shape index (κ2) is 14.1. The first-order valence-corrected chi connectivity index (χ1v) is 10.8. The molecule has 3 aromatic heterocycles. The van der Waals surface area contributed by atoms with E-state index in [1.165, 1.54) is 18.4 Å². The summed E-state index contributed by atoms with van der Waals surface area (Å²) in [6.45, 7) is 4.00. The minimum absolute atomic E-state index is 0.175. The molecule has 3 heterocycles. The quantitative estimate of drug-likeness (QED) is 0.442. The van der Waals surface area contributed by atoms with Gasteiger partial charge in [0.1, 0.15) is 5.82 Å². The Kier molecular flexibility index (Phi) is 11.8. The molecule has 0 spiro atoms. The van der Waals surface area contributed by atoms with Crippen LogP contribution in [0.3, 0.4) is 0 Å². The van der Waals surface area contributed by atoms with Crippen LogP contribution in [0.15, 0.2) is 42.2 Å². The number of nitrogens with zero attached hydrogens (tertiary/aromatic N) is 3. The fourth-order valence-electron chi connectivity index (χ4n) is 2.58. The molecule has 0 fully saturated rings. The third-order valence-corrected chi connectivity index (χ3v) is 5.01. The van der Waals surface area contributed by atoms with Gasteiger partial charge in [0.25, 0.3) is 5.91 Å². The number of terminal acetylenes is 1. The molecule has 31 heavy (non-hydrogen) atoms. The molecule has 0 bridgehead atoms. The second-order valence-corrected chi connectivity index (χ2v) is 7.37. The number of thiazole rings is 1. The molecule has 0 aromatic carbocycles. The topological polar surface area (TPSA) is 106 Å². The number of aromatic nitrogens is 3. The highest BCUT2D eigenvalue weighted by Gasteiger charge is 2.18. The van der Waals surface area contributed by atoms with Crippen molar-refractivity contribution in [1.29, 1.82) is 0 Å². The van der Waals surface area contributed by atoms with Crippen molar-refractivity contribution in [1.82, 2.24) is 20.3 Å². The largest absolute Gasteiger partial charge is 0.343 e. The van der Waals surface area contributed by atoms with Crippen LogP contribution in [-0.2, 0) is 0 Å². The zero-order valence-corrected chi connectivity index (χ0v) is 19.4. The van der Waals surface area contributed by atoms with E-state index in [1.54, 1.807) is 24.0 Å². The summed E-state index contributed by atoms with van der Waals surface area (Å²) in [5, 5.41) is 8.89. The molecule has 0 aliphatic carbocycles. The van der Waals surface area contributed by atoms with Crippen LogP contribution in [0, 0.1) is 19.8 Å². The zero-order chi connectivity index (χ0) is 23.2. The van der Waals surface area contributed by atoms with Gasteiger partial charge in [-0.3, -0.25) is 9.78 Å². The van der Waals surface area contributed by atoms with E-state index in [2.05, 4.69) is 51.1 Å². The molecule has 1 atom stereocenters. The molecule has 4 N–H and O–H groups in total. The first kappa shape index (κ1) is 26.0. The highest BCUT2D eigenvalue weighted by atomic mass is 35.5. The van der Waals surface area contributed by atoms with Gasteiger partial charge in [-0.2, -0.15) is 0 Å². The number of pyridine rings is 2. The van der Waals surface area contributed by atoms with Crippen LogP contribution in [0.2, 0.25) is 5.02 Å². The summed E-state index contributed by atoms with van der Waals surface area (Å²) in [5.74, 6) is 0.361. The molecule has 0 saturated carbocycles. The van der Waals surface area contributed by atoms with Gasteiger partial charge in [-0.25, -0.2) is 9.97 Å². The average molecular weight is 459 g/mol. The minimum atomic E-state index is -0.187. The van der Waals surface area contributed by atoms with Crippen LogP contribution < -0.4 is 16.4 Å². The molecule has 3 aromatic rings. The van der Waals surface area contributed by atoms with Crippen molar-refractivity contribution in [3.8, 4) is 12.8 Å². The first-order valence-electron chi connectivity index (χ1n) is 9.53. The minimum Gasteiger partial charge on any atom is -0.343 e. The van der Waals surface area contributed by atoms with Crippen molar-refractivity contribution in [3.63, 3.8) is 0 Å². The molecule has 0 radical (unpaired) electrons. The van der Waals surface area contributed by atoms with Crippen molar-refractivity contribution in [2.75, 3.05) is 12.4 Å². The lowest BCUT2D eigenvalue weighted by Gasteiger charge is -2.19. The van der Waals surface area contributed by atoms with Crippen LogP contribution in [-0.4, -0.2) is 27.9 Å².